The third-order valence-electron chi connectivity index (χ3n) is 6.08. The van der Waals surface area contributed by atoms with Gasteiger partial charge in [0.15, 0.2) is 5.13 Å². The first-order chi connectivity index (χ1) is 16.8. The third kappa shape index (κ3) is 5.14. The number of pyridine rings is 1. The lowest BCUT2D eigenvalue weighted by atomic mass is 9.94. The van der Waals surface area contributed by atoms with Crippen LogP contribution in [0.5, 0.6) is 0 Å². The van der Waals surface area contributed by atoms with Crippen LogP contribution in [0.4, 0.5) is 15.7 Å². The summed E-state index contributed by atoms with van der Waals surface area (Å²) in [6, 6.07) is 11.9. The Balaban J connectivity index is 1.19. The lowest BCUT2D eigenvalue weighted by molar-refractivity contribution is 0.0240. The minimum absolute atomic E-state index is 0.224. The first-order valence-electron chi connectivity index (χ1n) is 11.8. The molecule has 1 aromatic carbocycles. The summed E-state index contributed by atoms with van der Waals surface area (Å²) in [7, 11) is 0. The molecule has 0 atom stereocenters. The fourth-order valence-corrected chi connectivity index (χ4v) is 5.29. The molecule has 0 unspecified atom stereocenters. The Morgan fingerprint density at radius 2 is 1.80 bits per heavy atom. The fraction of sp³-hybridized carbons (Fsp3) is 0.385. The van der Waals surface area contributed by atoms with Crippen LogP contribution < -0.4 is 10.2 Å². The molecule has 0 radical (unpaired) electrons. The molecule has 35 heavy (non-hydrogen) atoms. The minimum Gasteiger partial charge on any atom is -0.444 e. The van der Waals surface area contributed by atoms with Gasteiger partial charge in [0.1, 0.15) is 11.4 Å². The zero-order valence-electron chi connectivity index (χ0n) is 20.2. The van der Waals surface area contributed by atoms with Gasteiger partial charge in [0, 0.05) is 42.8 Å². The van der Waals surface area contributed by atoms with Gasteiger partial charge in [0.2, 0.25) is 0 Å². The summed E-state index contributed by atoms with van der Waals surface area (Å²) >= 11 is 1.54. The smallest absolute Gasteiger partial charge is 0.410 e. The number of amides is 2. The van der Waals surface area contributed by atoms with Crippen LogP contribution in [0, 0.1) is 0 Å². The lowest BCUT2D eigenvalue weighted by Gasteiger charge is -2.36. The van der Waals surface area contributed by atoms with Gasteiger partial charge in [-0.1, -0.05) is 24.3 Å². The third-order valence-corrected chi connectivity index (χ3v) is 7.11. The van der Waals surface area contributed by atoms with Crippen molar-refractivity contribution < 1.29 is 14.3 Å². The SMILES string of the molecule is CC(C)(C)OC(=O)N1CCN(c2ccc(C(=O)Nc3nc4c(s3)CCc3ccccc3-4)cn2)CC1. The number of hydrogen-bond donors (Lipinski definition) is 1. The standard InChI is InChI=1S/C26H29N5O3S/c1-26(2,3)34-25(33)31-14-12-30(13-15-31)21-11-9-18(16-27-21)23(32)29-24-28-22-19-7-5-4-6-17(19)8-10-20(22)35-24/h4-7,9,11,16H,8,10,12-15H2,1-3H3,(H,28,29,32). The molecule has 0 bridgehead atoms. The quantitative estimate of drug-likeness (QED) is 0.576. The number of anilines is 2. The largest absolute Gasteiger partial charge is 0.444 e. The summed E-state index contributed by atoms with van der Waals surface area (Å²) in [4.78, 5) is 39.3. The second-order valence-electron chi connectivity index (χ2n) is 9.76. The van der Waals surface area contributed by atoms with E-state index >= 15 is 0 Å². The van der Waals surface area contributed by atoms with Crippen LogP contribution >= 0.6 is 11.3 Å². The van der Waals surface area contributed by atoms with Gasteiger partial charge in [-0.3, -0.25) is 10.1 Å². The lowest BCUT2D eigenvalue weighted by Crippen LogP contribution is -2.50. The van der Waals surface area contributed by atoms with E-state index in [9.17, 15) is 9.59 Å². The van der Waals surface area contributed by atoms with Crippen molar-refractivity contribution in [2.75, 3.05) is 36.4 Å². The molecule has 1 fully saturated rings. The number of aromatic nitrogens is 2. The Kier molecular flexibility index (Phi) is 6.19. The molecule has 3 aromatic rings. The average Bonchev–Trinajstić information content (AvgIpc) is 3.26. The highest BCUT2D eigenvalue weighted by Crippen LogP contribution is 2.38. The molecule has 3 heterocycles. The number of thiazole rings is 1. The van der Waals surface area contributed by atoms with Crippen molar-refractivity contribution in [2.24, 2.45) is 0 Å². The van der Waals surface area contributed by atoms with Crippen LogP contribution in [0.25, 0.3) is 11.3 Å². The zero-order chi connectivity index (χ0) is 24.6. The summed E-state index contributed by atoms with van der Waals surface area (Å²) in [5.41, 5.74) is 3.41. The van der Waals surface area contributed by atoms with Gasteiger partial charge < -0.3 is 14.5 Å². The maximum atomic E-state index is 12.8. The van der Waals surface area contributed by atoms with E-state index in [0.29, 0.717) is 36.9 Å². The van der Waals surface area contributed by atoms with Crippen LogP contribution in [-0.2, 0) is 17.6 Å². The predicted octanol–water partition coefficient (Wildman–Crippen LogP) is 4.61. The number of benzene rings is 1. The number of aryl methyl sites for hydroxylation is 2. The molecule has 8 nitrogen and oxygen atoms in total. The summed E-state index contributed by atoms with van der Waals surface area (Å²) in [6.45, 7) is 8.04. The number of ether oxygens (including phenoxy) is 1. The highest BCUT2D eigenvalue weighted by Gasteiger charge is 2.26. The van der Waals surface area contributed by atoms with E-state index in [1.807, 2.05) is 32.9 Å². The molecular formula is C26H29N5O3S. The number of carbonyl (C=O) groups is 2. The molecule has 2 aliphatic rings. The van der Waals surface area contributed by atoms with Crippen molar-refractivity contribution in [1.82, 2.24) is 14.9 Å². The molecule has 182 valence electrons. The molecule has 0 saturated carbocycles. The van der Waals surface area contributed by atoms with Gasteiger partial charge in [0.05, 0.1) is 11.3 Å². The number of carbonyl (C=O) groups excluding carboxylic acids is 2. The molecule has 2 aromatic heterocycles. The summed E-state index contributed by atoms with van der Waals surface area (Å²) in [5.74, 6) is 0.560. The number of rotatable bonds is 3. The van der Waals surface area contributed by atoms with Gasteiger partial charge in [-0.05, 0) is 51.3 Å². The van der Waals surface area contributed by atoms with Crippen LogP contribution in [-0.4, -0.2) is 58.6 Å². The maximum absolute atomic E-state index is 12.8. The monoisotopic (exact) mass is 491 g/mol. The van der Waals surface area contributed by atoms with Crippen molar-refractivity contribution in [1.29, 1.82) is 0 Å². The Morgan fingerprint density at radius 3 is 2.51 bits per heavy atom. The molecule has 1 aliphatic carbocycles. The molecule has 1 aliphatic heterocycles. The number of hydrogen-bond acceptors (Lipinski definition) is 7. The number of piperazine rings is 1. The summed E-state index contributed by atoms with van der Waals surface area (Å²) in [5, 5.41) is 3.55. The minimum atomic E-state index is -0.505. The van der Waals surface area contributed by atoms with Crippen LogP contribution in [0.1, 0.15) is 41.6 Å². The van der Waals surface area contributed by atoms with E-state index in [-0.39, 0.29) is 12.0 Å². The molecule has 9 heteroatoms. The highest BCUT2D eigenvalue weighted by atomic mass is 32.1. The Bertz CT molecular complexity index is 1240. The summed E-state index contributed by atoms with van der Waals surface area (Å²) < 4.78 is 5.46. The van der Waals surface area contributed by atoms with E-state index in [2.05, 4.69) is 33.4 Å². The highest BCUT2D eigenvalue weighted by molar-refractivity contribution is 7.16. The van der Waals surface area contributed by atoms with Gasteiger partial charge in [-0.25, -0.2) is 14.8 Å². The van der Waals surface area contributed by atoms with E-state index in [1.54, 1.807) is 17.2 Å². The molecule has 5 rings (SSSR count). The number of nitrogens with one attached hydrogen (secondary N) is 1. The second-order valence-corrected chi connectivity index (χ2v) is 10.8. The van der Waals surface area contributed by atoms with E-state index < -0.39 is 5.60 Å². The first kappa shape index (κ1) is 23.3. The van der Waals surface area contributed by atoms with Gasteiger partial charge in [0.25, 0.3) is 5.91 Å². The predicted molar refractivity (Wildman–Crippen MR) is 137 cm³/mol. The topological polar surface area (TPSA) is 87.7 Å². The molecule has 0 spiro atoms. The molecule has 1 saturated heterocycles. The van der Waals surface area contributed by atoms with Crippen molar-refractivity contribution in [3.05, 3.63) is 58.6 Å². The fourth-order valence-electron chi connectivity index (χ4n) is 4.32. The van der Waals surface area contributed by atoms with Crippen LogP contribution in [0.2, 0.25) is 0 Å². The van der Waals surface area contributed by atoms with Crippen molar-refractivity contribution in [3.8, 4) is 11.3 Å². The Labute approximate surface area is 208 Å². The van der Waals surface area contributed by atoms with Gasteiger partial charge in [-0.15, -0.1) is 11.3 Å². The normalized spacial score (nSPS) is 15.3. The summed E-state index contributed by atoms with van der Waals surface area (Å²) in [6.07, 6.45) is 3.24. The van der Waals surface area contributed by atoms with E-state index in [4.69, 9.17) is 9.72 Å². The van der Waals surface area contributed by atoms with Crippen LogP contribution in [0.3, 0.4) is 0 Å². The second kappa shape index (κ2) is 9.30. The van der Waals surface area contributed by atoms with Gasteiger partial charge in [-0.2, -0.15) is 0 Å². The first-order valence-corrected chi connectivity index (χ1v) is 12.7. The number of fused-ring (bicyclic) bond motifs is 3. The molecule has 2 amide bonds. The van der Waals surface area contributed by atoms with Crippen molar-refractivity contribution in [3.63, 3.8) is 0 Å². The Hall–Kier alpha value is -3.46. The maximum Gasteiger partial charge on any atom is 0.410 e. The van der Waals surface area contributed by atoms with Crippen LogP contribution in [0.15, 0.2) is 42.6 Å². The average molecular weight is 492 g/mol. The molecule has 1 N–H and O–H groups in total. The zero-order valence-corrected chi connectivity index (χ0v) is 21.0. The van der Waals surface area contributed by atoms with Crippen molar-refractivity contribution in [2.45, 2.75) is 39.2 Å². The van der Waals surface area contributed by atoms with E-state index in [0.717, 1.165) is 29.9 Å². The van der Waals surface area contributed by atoms with Crippen molar-refractivity contribution >= 4 is 34.3 Å². The van der Waals surface area contributed by atoms with Gasteiger partial charge >= 0.3 is 6.09 Å². The number of nitrogens with zero attached hydrogens (tertiary/aromatic N) is 4. The van der Waals surface area contributed by atoms with E-state index in [1.165, 1.54) is 21.8 Å². The molecular weight excluding hydrogens is 462 g/mol. The Morgan fingerprint density at radius 1 is 1.03 bits per heavy atom.